The lowest BCUT2D eigenvalue weighted by atomic mass is 9.79. The molecule has 0 bridgehead atoms. The molecule has 0 unspecified atom stereocenters. The maximum absolute atomic E-state index is 6.15. The second-order valence-corrected chi connectivity index (χ2v) is 10.0. The Bertz CT molecular complexity index is 1310. The molecule has 0 amide bonds. The molecule has 0 saturated carbocycles. The molecule has 0 atom stereocenters. The van der Waals surface area contributed by atoms with Crippen molar-refractivity contribution >= 4 is 29.6 Å². The van der Waals surface area contributed by atoms with Crippen LogP contribution in [0.25, 0.3) is 0 Å². The molecule has 1 aliphatic heterocycles. The summed E-state index contributed by atoms with van der Waals surface area (Å²) in [5.74, 6) is 6.57. The Kier molecular flexibility index (Phi) is 6.45. The molecule has 0 N–H and O–H groups in total. The minimum absolute atomic E-state index is 0.348. The Morgan fingerprint density at radius 3 is 1.36 bits per heavy atom. The van der Waals surface area contributed by atoms with Crippen molar-refractivity contribution in [3.8, 4) is 11.8 Å². The van der Waals surface area contributed by atoms with Crippen LogP contribution in [-0.2, 0) is 9.31 Å². The van der Waals surface area contributed by atoms with Crippen LogP contribution in [0.1, 0.15) is 38.8 Å². The quantitative estimate of drug-likeness (QED) is 0.240. The Morgan fingerprint density at radius 1 is 0.528 bits per heavy atom. The van der Waals surface area contributed by atoms with Gasteiger partial charge in [0.2, 0.25) is 0 Å². The molecule has 0 aromatic heterocycles. The summed E-state index contributed by atoms with van der Waals surface area (Å²) in [6.45, 7) is 8.27. The van der Waals surface area contributed by atoms with Gasteiger partial charge in [-0.1, -0.05) is 60.4 Å². The third-order valence-corrected chi connectivity index (χ3v) is 6.94. The van der Waals surface area contributed by atoms with Gasteiger partial charge in [0.25, 0.3) is 0 Å². The van der Waals surface area contributed by atoms with Crippen LogP contribution in [-0.4, -0.2) is 18.3 Å². The third-order valence-electron chi connectivity index (χ3n) is 6.94. The van der Waals surface area contributed by atoms with E-state index in [9.17, 15) is 0 Å². The van der Waals surface area contributed by atoms with Gasteiger partial charge in [0.05, 0.1) is 11.2 Å². The van der Waals surface area contributed by atoms with E-state index in [0.717, 1.165) is 33.7 Å². The number of para-hydroxylation sites is 2. The molecule has 1 aliphatic rings. The maximum Gasteiger partial charge on any atom is 0.494 e. The lowest BCUT2D eigenvalue weighted by Crippen LogP contribution is -2.41. The van der Waals surface area contributed by atoms with Crippen molar-refractivity contribution in [2.24, 2.45) is 0 Å². The first kappa shape index (κ1) is 23.9. The van der Waals surface area contributed by atoms with Gasteiger partial charge in [-0.2, -0.15) is 0 Å². The Hall–Kier alpha value is -3.78. The number of rotatable bonds is 4. The van der Waals surface area contributed by atoms with Crippen LogP contribution < -0.4 is 10.4 Å². The highest BCUT2D eigenvalue weighted by molar-refractivity contribution is 6.62. The van der Waals surface area contributed by atoms with Crippen molar-refractivity contribution in [2.45, 2.75) is 38.9 Å². The zero-order valence-electron chi connectivity index (χ0n) is 21.2. The Balaban J connectivity index is 1.33. The monoisotopic (exact) mass is 471 g/mol. The van der Waals surface area contributed by atoms with Gasteiger partial charge in [-0.25, -0.2) is 0 Å². The summed E-state index contributed by atoms with van der Waals surface area (Å²) < 4.78 is 12.3. The van der Waals surface area contributed by atoms with E-state index >= 15 is 0 Å². The zero-order chi connectivity index (χ0) is 25.2. The molecule has 36 heavy (non-hydrogen) atoms. The van der Waals surface area contributed by atoms with E-state index in [-0.39, 0.29) is 18.3 Å². The second kappa shape index (κ2) is 9.70. The topological polar surface area (TPSA) is 21.7 Å². The number of benzene rings is 4. The molecular formula is C32H30BNO2. The van der Waals surface area contributed by atoms with Gasteiger partial charge in [0.15, 0.2) is 0 Å². The lowest BCUT2D eigenvalue weighted by molar-refractivity contribution is 0.00578. The van der Waals surface area contributed by atoms with E-state index in [2.05, 4.69) is 117 Å². The van der Waals surface area contributed by atoms with Gasteiger partial charge in [-0.3, -0.25) is 0 Å². The first-order valence-corrected chi connectivity index (χ1v) is 12.3. The molecule has 5 rings (SSSR count). The standard InChI is InChI=1S/C32H30BNO2/c1-31(2)32(3,4)36-33(35-31)27-21-17-25(18-22-27)15-16-26-19-23-30(24-20-26)34(28-11-7-5-8-12-28)29-13-9-6-10-14-29/h5-14,17-24H,1-4H3. The molecule has 4 aromatic rings. The highest BCUT2D eigenvalue weighted by atomic mass is 16.7. The van der Waals surface area contributed by atoms with Crippen LogP contribution >= 0.6 is 0 Å². The maximum atomic E-state index is 6.15. The van der Waals surface area contributed by atoms with Crippen molar-refractivity contribution in [3.05, 3.63) is 120 Å². The summed E-state index contributed by atoms with van der Waals surface area (Å²) in [6.07, 6.45) is 0. The molecule has 1 fully saturated rings. The summed E-state index contributed by atoms with van der Waals surface area (Å²) in [6, 6.07) is 37.3. The lowest BCUT2D eigenvalue weighted by Gasteiger charge is -2.32. The van der Waals surface area contributed by atoms with Crippen LogP contribution in [0.2, 0.25) is 0 Å². The number of nitrogens with zero attached hydrogens (tertiary/aromatic N) is 1. The summed E-state index contributed by atoms with van der Waals surface area (Å²) in [7, 11) is -0.360. The smallest absolute Gasteiger partial charge is 0.399 e. The normalized spacial score (nSPS) is 15.7. The van der Waals surface area contributed by atoms with E-state index in [1.54, 1.807) is 0 Å². The zero-order valence-corrected chi connectivity index (χ0v) is 21.2. The van der Waals surface area contributed by atoms with E-state index in [4.69, 9.17) is 9.31 Å². The number of hydrogen-bond donors (Lipinski definition) is 0. The van der Waals surface area contributed by atoms with Gasteiger partial charge < -0.3 is 14.2 Å². The minimum atomic E-state index is -0.360. The number of hydrogen-bond acceptors (Lipinski definition) is 3. The van der Waals surface area contributed by atoms with Crippen LogP contribution in [0.15, 0.2) is 109 Å². The molecule has 1 saturated heterocycles. The van der Waals surface area contributed by atoms with Gasteiger partial charge >= 0.3 is 7.12 Å². The molecule has 178 valence electrons. The molecular weight excluding hydrogens is 441 g/mol. The molecule has 1 heterocycles. The Labute approximate surface area is 214 Å². The Morgan fingerprint density at radius 2 is 0.917 bits per heavy atom. The van der Waals surface area contributed by atoms with Crippen molar-refractivity contribution in [1.29, 1.82) is 0 Å². The van der Waals surface area contributed by atoms with E-state index in [1.165, 1.54) is 0 Å². The van der Waals surface area contributed by atoms with Crippen LogP contribution in [0, 0.1) is 11.8 Å². The summed E-state index contributed by atoms with van der Waals surface area (Å²) >= 11 is 0. The fourth-order valence-electron chi connectivity index (χ4n) is 4.14. The average molecular weight is 471 g/mol. The highest BCUT2D eigenvalue weighted by Gasteiger charge is 2.51. The van der Waals surface area contributed by atoms with Crippen LogP contribution in [0.3, 0.4) is 0 Å². The number of anilines is 3. The van der Waals surface area contributed by atoms with E-state index in [0.29, 0.717) is 0 Å². The third kappa shape index (κ3) is 4.95. The van der Waals surface area contributed by atoms with Gasteiger partial charge in [-0.15, -0.1) is 0 Å². The minimum Gasteiger partial charge on any atom is -0.399 e. The predicted molar refractivity (Wildman–Crippen MR) is 149 cm³/mol. The van der Waals surface area contributed by atoms with Crippen LogP contribution in [0.4, 0.5) is 17.1 Å². The van der Waals surface area contributed by atoms with Gasteiger partial charge in [-0.05, 0) is 93.8 Å². The molecule has 3 nitrogen and oxygen atoms in total. The predicted octanol–water partition coefficient (Wildman–Crippen LogP) is 6.86. The summed E-state index contributed by atoms with van der Waals surface area (Å²) in [5.41, 5.74) is 5.55. The van der Waals surface area contributed by atoms with E-state index < -0.39 is 0 Å². The second-order valence-electron chi connectivity index (χ2n) is 10.0. The fourth-order valence-corrected chi connectivity index (χ4v) is 4.14. The first-order chi connectivity index (χ1) is 17.3. The average Bonchev–Trinajstić information content (AvgIpc) is 3.12. The molecule has 4 heteroatoms. The van der Waals surface area contributed by atoms with E-state index in [1.807, 2.05) is 36.4 Å². The van der Waals surface area contributed by atoms with Crippen molar-refractivity contribution in [1.82, 2.24) is 0 Å². The highest BCUT2D eigenvalue weighted by Crippen LogP contribution is 2.36. The molecule has 0 spiro atoms. The molecule has 4 aromatic carbocycles. The van der Waals surface area contributed by atoms with Crippen LogP contribution in [0.5, 0.6) is 0 Å². The molecule has 0 radical (unpaired) electrons. The van der Waals surface area contributed by atoms with Crippen molar-refractivity contribution < 1.29 is 9.31 Å². The largest absolute Gasteiger partial charge is 0.494 e. The summed E-state index contributed by atoms with van der Waals surface area (Å²) in [5, 5.41) is 0. The van der Waals surface area contributed by atoms with Crippen molar-refractivity contribution in [3.63, 3.8) is 0 Å². The first-order valence-electron chi connectivity index (χ1n) is 12.3. The summed E-state index contributed by atoms with van der Waals surface area (Å²) in [4.78, 5) is 2.24. The van der Waals surface area contributed by atoms with Crippen molar-refractivity contribution in [2.75, 3.05) is 4.90 Å². The fraction of sp³-hybridized carbons (Fsp3) is 0.188. The van der Waals surface area contributed by atoms with Gasteiger partial charge in [0.1, 0.15) is 0 Å². The molecule has 0 aliphatic carbocycles. The SMILES string of the molecule is CC1(C)OB(c2ccc(C#Cc3ccc(N(c4ccccc4)c4ccccc4)cc3)cc2)OC1(C)C. The van der Waals surface area contributed by atoms with Gasteiger partial charge in [0, 0.05) is 28.2 Å².